The van der Waals surface area contributed by atoms with Gasteiger partial charge in [0.2, 0.25) is 5.91 Å². The van der Waals surface area contributed by atoms with E-state index in [1.54, 1.807) is 0 Å². The average Bonchev–Trinajstić information content (AvgIpc) is 2.36. The van der Waals surface area contributed by atoms with Crippen molar-refractivity contribution in [1.29, 1.82) is 0 Å². The Morgan fingerprint density at radius 3 is 3.11 bits per heavy atom. The molecule has 2 N–H and O–H groups in total. The van der Waals surface area contributed by atoms with Crippen LogP contribution in [-0.4, -0.2) is 25.2 Å². The van der Waals surface area contributed by atoms with Crippen molar-refractivity contribution in [2.45, 2.75) is 32.8 Å². The minimum Gasteiger partial charge on any atom is -0.385 e. The summed E-state index contributed by atoms with van der Waals surface area (Å²) in [5, 5.41) is 6.19. The van der Waals surface area contributed by atoms with Gasteiger partial charge in [-0.15, -0.1) is 0 Å². The van der Waals surface area contributed by atoms with Gasteiger partial charge in [-0.3, -0.25) is 4.79 Å². The third kappa shape index (κ3) is 3.47. The number of nitrogens with one attached hydrogen (secondary N) is 2. The zero-order valence-corrected chi connectivity index (χ0v) is 11.0. The Morgan fingerprint density at radius 1 is 1.50 bits per heavy atom. The summed E-state index contributed by atoms with van der Waals surface area (Å²) in [5.74, 6) is -0.112. The predicted molar refractivity (Wildman–Crippen MR) is 73.0 cm³/mol. The van der Waals surface area contributed by atoms with E-state index in [1.807, 2.05) is 26.0 Å². The first-order valence-corrected chi connectivity index (χ1v) is 6.43. The van der Waals surface area contributed by atoms with Gasteiger partial charge in [0.25, 0.3) is 0 Å². The first-order chi connectivity index (χ1) is 8.65. The number of aryl methyl sites for hydroxylation is 1. The van der Waals surface area contributed by atoms with Crippen LogP contribution in [0.2, 0.25) is 0 Å². The van der Waals surface area contributed by atoms with Crippen molar-refractivity contribution in [2.24, 2.45) is 0 Å². The number of hydrogen-bond acceptors (Lipinski definition) is 3. The molecule has 1 aliphatic heterocycles. The molecular formula is C14H20N2O2. The molecule has 98 valence electrons. The lowest BCUT2D eigenvalue weighted by Crippen LogP contribution is -2.21. The van der Waals surface area contributed by atoms with Crippen LogP contribution in [0.1, 0.15) is 25.8 Å². The Morgan fingerprint density at radius 2 is 2.33 bits per heavy atom. The van der Waals surface area contributed by atoms with Gasteiger partial charge >= 0.3 is 0 Å². The molecule has 0 fully saturated rings. The standard InChI is InChI=1S/C14H20N2O2/c1-10(2)18-9-14(17)16-12-6-5-11-4-3-7-15-13(11)8-12/h5-6,8,10,15H,3-4,7,9H2,1-2H3,(H,16,17). The number of benzene rings is 1. The fraction of sp³-hybridized carbons (Fsp3) is 0.500. The Balaban J connectivity index is 1.95. The molecule has 0 spiro atoms. The van der Waals surface area contributed by atoms with Crippen molar-refractivity contribution in [1.82, 2.24) is 0 Å². The Kier molecular flexibility index (Phi) is 4.20. The van der Waals surface area contributed by atoms with Crippen molar-refractivity contribution in [3.63, 3.8) is 0 Å². The van der Waals surface area contributed by atoms with E-state index in [4.69, 9.17) is 4.74 Å². The number of hydrogen-bond donors (Lipinski definition) is 2. The highest BCUT2D eigenvalue weighted by atomic mass is 16.5. The van der Waals surface area contributed by atoms with Gasteiger partial charge in [0.05, 0.1) is 6.10 Å². The minimum atomic E-state index is -0.112. The number of amides is 1. The highest BCUT2D eigenvalue weighted by molar-refractivity contribution is 5.92. The highest BCUT2D eigenvalue weighted by Gasteiger charge is 2.10. The second kappa shape index (κ2) is 5.87. The molecule has 1 aromatic carbocycles. The first-order valence-electron chi connectivity index (χ1n) is 6.43. The van der Waals surface area contributed by atoms with Gasteiger partial charge in [-0.2, -0.15) is 0 Å². The molecule has 1 aromatic rings. The maximum atomic E-state index is 11.6. The van der Waals surface area contributed by atoms with E-state index in [2.05, 4.69) is 16.7 Å². The zero-order chi connectivity index (χ0) is 13.0. The van der Waals surface area contributed by atoms with Crippen molar-refractivity contribution in [3.05, 3.63) is 23.8 Å². The van der Waals surface area contributed by atoms with E-state index in [-0.39, 0.29) is 18.6 Å². The monoisotopic (exact) mass is 248 g/mol. The van der Waals surface area contributed by atoms with E-state index in [1.165, 1.54) is 12.0 Å². The van der Waals surface area contributed by atoms with Gasteiger partial charge in [-0.25, -0.2) is 0 Å². The molecule has 0 saturated carbocycles. The lowest BCUT2D eigenvalue weighted by atomic mass is 10.0. The van der Waals surface area contributed by atoms with Crippen molar-refractivity contribution in [2.75, 3.05) is 23.8 Å². The normalized spacial score (nSPS) is 13.9. The molecule has 1 amide bonds. The Labute approximate surface area is 108 Å². The van der Waals surface area contributed by atoms with Gasteiger partial charge in [-0.1, -0.05) is 6.07 Å². The number of carbonyl (C=O) groups excluding carboxylic acids is 1. The smallest absolute Gasteiger partial charge is 0.250 e. The second-order valence-electron chi connectivity index (χ2n) is 4.81. The molecule has 0 saturated heterocycles. The number of anilines is 2. The van der Waals surface area contributed by atoms with Gasteiger partial charge in [0, 0.05) is 17.9 Å². The van der Waals surface area contributed by atoms with Gasteiger partial charge in [0.15, 0.2) is 0 Å². The molecule has 4 heteroatoms. The third-order valence-corrected chi connectivity index (χ3v) is 2.88. The summed E-state index contributed by atoms with van der Waals surface area (Å²) in [6.07, 6.45) is 2.34. The van der Waals surface area contributed by atoms with Crippen LogP contribution < -0.4 is 10.6 Å². The maximum absolute atomic E-state index is 11.6. The second-order valence-corrected chi connectivity index (χ2v) is 4.81. The average molecular weight is 248 g/mol. The van der Waals surface area contributed by atoms with Gasteiger partial charge in [-0.05, 0) is 44.4 Å². The number of ether oxygens (including phenoxy) is 1. The molecule has 0 aromatic heterocycles. The fourth-order valence-corrected chi connectivity index (χ4v) is 1.98. The summed E-state index contributed by atoms with van der Waals surface area (Å²) >= 11 is 0. The van der Waals surface area contributed by atoms with Gasteiger partial charge in [0.1, 0.15) is 6.61 Å². The van der Waals surface area contributed by atoms with E-state index >= 15 is 0 Å². The Hall–Kier alpha value is -1.55. The van der Waals surface area contributed by atoms with Crippen LogP contribution >= 0.6 is 0 Å². The minimum absolute atomic E-state index is 0.0703. The van der Waals surface area contributed by atoms with E-state index in [9.17, 15) is 4.79 Å². The van der Waals surface area contributed by atoms with E-state index < -0.39 is 0 Å². The molecule has 1 aliphatic rings. The topological polar surface area (TPSA) is 50.4 Å². The zero-order valence-electron chi connectivity index (χ0n) is 11.0. The lowest BCUT2D eigenvalue weighted by Gasteiger charge is -2.19. The fourth-order valence-electron chi connectivity index (χ4n) is 1.98. The van der Waals surface area contributed by atoms with E-state index in [0.29, 0.717) is 0 Å². The molecule has 0 bridgehead atoms. The summed E-state index contributed by atoms with van der Waals surface area (Å²) in [5.41, 5.74) is 3.27. The van der Waals surface area contributed by atoms with Crippen molar-refractivity contribution >= 4 is 17.3 Å². The van der Waals surface area contributed by atoms with Gasteiger partial charge < -0.3 is 15.4 Å². The molecule has 1 heterocycles. The molecule has 0 unspecified atom stereocenters. The number of rotatable bonds is 4. The predicted octanol–water partition coefficient (Wildman–Crippen LogP) is 2.41. The molecule has 2 rings (SSSR count). The first kappa shape index (κ1) is 12.9. The van der Waals surface area contributed by atoms with Crippen LogP contribution in [0.3, 0.4) is 0 Å². The van der Waals surface area contributed by atoms with Crippen molar-refractivity contribution in [3.8, 4) is 0 Å². The maximum Gasteiger partial charge on any atom is 0.250 e. The summed E-state index contributed by atoms with van der Waals surface area (Å²) in [4.78, 5) is 11.6. The molecule has 4 nitrogen and oxygen atoms in total. The summed E-state index contributed by atoms with van der Waals surface area (Å²) in [6, 6.07) is 6.00. The largest absolute Gasteiger partial charge is 0.385 e. The van der Waals surface area contributed by atoms with Crippen LogP contribution in [0.15, 0.2) is 18.2 Å². The van der Waals surface area contributed by atoms with Crippen LogP contribution in [-0.2, 0) is 16.0 Å². The SMILES string of the molecule is CC(C)OCC(=O)Nc1ccc2c(c1)NCCC2. The molecule has 0 radical (unpaired) electrons. The van der Waals surface area contributed by atoms with Crippen LogP contribution in [0.5, 0.6) is 0 Å². The van der Waals surface area contributed by atoms with E-state index in [0.717, 1.165) is 24.3 Å². The molecule has 18 heavy (non-hydrogen) atoms. The quantitative estimate of drug-likeness (QED) is 0.860. The summed E-state index contributed by atoms with van der Waals surface area (Å²) in [7, 11) is 0. The van der Waals surface area contributed by atoms with Crippen LogP contribution in [0.4, 0.5) is 11.4 Å². The van der Waals surface area contributed by atoms with Crippen LogP contribution in [0.25, 0.3) is 0 Å². The summed E-state index contributed by atoms with van der Waals surface area (Å²) < 4.78 is 5.26. The molecule has 0 atom stereocenters. The number of fused-ring (bicyclic) bond motifs is 1. The lowest BCUT2D eigenvalue weighted by molar-refractivity contribution is -0.121. The molecular weight excluding hydrogens is 228 g/mol. The third-order valence-electron chi connectivity index (χ3n) is 2.88. The van der Waals surface area contributed by atoms with Crippen molar-refractivity contribution < 1.29 is 9.53 Å². The Bertz CT molecular complexity index is 430. The molecule has 0 aliphatic carbocycles. The highest BCUT2D eigenvalue weighted by Crippen LogP contribution is 2.25. The van der Waals surface area contributed by atoms with Crippen LogP contribution in [0, 0.1) is 0 Å². The number of carbonyl (C=O) groups is 1. The summed E-state index contributed by atoms with van der Waals surface area (Å²) in [6.45, 7) is 4.93.